The van der Waals surface area contributed by atoms with Crippen molar-refractivity contribution in [3.05, 3.63) is 53.8 Å². The van der Waals surface area contributed by atoms with Crippen LogP contribution >= 0.6 is 0 Å². The standard InChI is InChI=1S/C23H27FN4O6/c1-3-33-20-13-16(14-26-28-23(31)22(30)25-11-4-12-32-2)5-10-19(20)34-15-21(29)27-18-8-6-17(24)7-9-18/h5-10,13-14H,3-4,11-12,15H2,1-2H3,(H,25,30)(H,27,29)(H,28,31)/b26-14-. The maximum atomic E-state index is 13.0. The van der Waals surface area contributed by atoms with E-state index in [1.54, 1.807) is 32.2 Å². The molecule has 0 aliphatic carbocycles. The predicted molar refractivity (Wildman–Crippen MR) is 123 cm³/mol. The van der Waals surface area contributed by atoms with E-state index in [1.807, 2.05) is 0 Å². The number of ether oxygens (including phenoxy) is 3. The number of nitrogens with zero attached hydrogens (tertiary/aromatic N) is 1. The molecule has 2 aromatic carbocycles. The molecule has 2 aromatic rings. The van der Waals surface area contributed by atoms with E-state index in [0.717, 1.165) is 0 Å². The summed E-state index contributed by atoms with van der Waals surface area (Å²) >= 11 is 0. The monoisotopic (exact) mass is 474 g/mol. The highest BCUT2D eigenvalue weighted by atomic mass is 19.1. The van der Waals surface area contributed by atoms with Crippen molar-refractivity contribution in [3.63, 3.8) is 0 Å². The number of methoxy groups -OCH3 is 1. The summed E-state index contributed by atoms with van der Waals surface area (Å²) in [5, 5.41) is 8.81. The van der Waals surface area contributed by atoms with Gasteiger partial charge in [-0.05, 0) is 61.4 Å². The van der Waals surface area contributed by atoms with Crippen LogP contribution in [0.1, 0.15) is 18.9 Å². The van der Waals surface area contributed by atoms with Crippen molar-refractivity contribution in [1.29, 1.82) is 0 Å². The summed E-state index contributed by atoms with van der Waals surface area (Å²) in [6, 6.07) is 10.2. The van der Waals surface area contributed by atoms with Crippen molar-refractivity contribution in [1.82, 2.24) is 10.7 Å². The van der Waals surface area contributed by atoms with Crippen molar-refractivity contribution in [2.45, 2.75) is 13.3 Å². The minimum Gasteiger partial charge on any atom is -0.490 e. The average molecular weight is 474 g/mol. The summed E-state index contributed by atoms with van der Waals surface area (Å²) in [6.45, 7) is 2.63. The fourth-order valence-electron chi connectivity index (χ4n) is 2.58. The van der Waals surface area contributed by atoms with E-state index >= 15 is 0 Å². The fraction of sp³-hybridized carbons (Fsp3) is 0.304. The lowest BCUT2D eigenvalue weighted by atomic mass is 10.2. The Balaban J connectivity index is 1.89. The average Bonchev–Trinajstić information content (AvgIpc) is 2.82. The molecule has 0 unspecified atom stereocenters. The van der Waals surface area contributed by atoms with Crippen molar-refractivity contribution < 1.29 is 33.0 Å². The van der Waals surface area contributed by atoms with Crippen LogP contribution in [0.3, 0.4) is 0 Å². The first-order valence-corrected chi connectivity index (χ1v) is 10.5. The van der Waals surface area contributed by atoms with Gasteiger partial charge in [0, 0.05) is 25.9 Å². The van der Waals surface area contributed by atoms with Crippen molar-refractivity contribution in [3.8, 4) is 11.5 Å². The molecule has 34 heavy (non-hydrogen) atoms. The van der Waals surface area contributed by atoms with Gasteiger partial charge in [0.1, 0.15) is 5.82 Å². The molecule has 10 nitrogen and oxygen atoms in total. The van der Waals surface area contributed by atoms with Crippen molar-refractivity contribution in [2.24, 2.45) is 5.10 Å². The summed E-state index contributed by atoms with van der Waals surface area (Å²) in [7, 11) is 1.55. The Kier molecular flexibility index (Phi) is 11.0. The number of rotatable bonds is 12. The topological polar surface area (TPSA) is 127 Å². The summed E-state index contributed by atoms with van der Waals surface area (Å²) in [5.41, 5.74) is 3.15. The Hall–Kier alpha value is -3.99. The minimum absolute atomic E-state index is 0.291. The van der Waals surface area contributed by atoms with Crippen molar-refractivity contribution >= 4 is 29.6 Å². The van der Waals surface area contributed by atoms with Crippen LogP contribution in [0.25, 0.3) is 0 Å². The molecule has 182 valence electrons. The molecule has 0 saturated heterocycles. The van der Waals surface area contributed by atoms with Gasteiger partial charge in [0.2, 0.25) is 0 Å². The lowest BCUT2D eigenvalue weighted by molar-refractivity contribution is -0.139. The third-order valence-electron chi connectivity index (χ3n) is 4.15. The normalized spacial score (nSPS) is 10.6. The molecule has 2 rings (SSSR count). The molecule has 3 amide bonds. The Labute approximate surface area is 196 Å². The number of nitrogens with one attached hydrogen (secondary N) is 3. The molecule has 0 saturated carbocycles. The van der Waals surface area contributed by atoms with Gasteiger partial charge in [0.25, 0.3) is 5.91 Å². The van der Waals surface area contributed by atoms with Crippen LogP contribution in [0.2, 0.25) is 0 Å². The molecular weight excluding hydrogens is 447 g/mol. The predicted octanol–water partition coefficient (Wildman–Crippen LogP) is 1.84. The summed E-state index contributed by atoms with van der Waals surface area (Å²) in [6.07, 6.45) is 1.92. The molecule has 0 atom stereocenters. The molecule has 0 bridgehead atoms. The van der Waals surface area contributed by atoms with E-state index in [2.05, 4.69) is 21.2 Å². The highest BCUT2D eigenvalue weighted by molar-refractivity contribution is 6.35. The SMILES string of the molecule is CCOc1cc(/C=N\NC(=O)C(=O)NCCCOC)ccc1OCC(=O)Nc1ccc(F)cc1. The zero-order valence-corrected chi connectivity index (χ0v) is 18.9. The first kappa shape index (κ1) is 26.3. The maximum Gasteiger partial charge on any atom is 0.329 e. The van der Waals surface area contributed by atoms with E-state index in [1.165, 1.54) is 30.5 Å². The highest BCUT2D eigenvalue weighted by Gasteiger charge is 2.12. The van der Waals surface area contributed by atoms with Gasteiger partial charge < -0.3 is 24.8 Å². The van der Waals surface area contributed by atoms with Crippen molar-refractivity contribution in [2.75, 3.05) is 38.8 Å². The molecule has 0 fully saturated rings. The highest BCUT2D eigenvalue weighted by Crippen LogP contribution is 2.28. The van der Waals surface area contributed by atoms with Crippen LogP contribution in [0.15, 0.2) is 47.6 Å². The quantitative estimate of drug-likeness (QED) is 0.186. The maximum absolute atomic E-state index is 13.0. The van der Waals surface area contributed by atoms with Gasteiger partial charge >= 0.3 is 11.8 Å². The largest absolute Gasteiger partial charge is 0.490 e. The number of carbonyl (C=O) groups excluding carboxylic acids is 3. The van der Waals surface area contributed by atoms with E-state index in [4.69, 9.17) is 14.2 Å². The summed E-state index contributed by atoms with van der Waals surface area (Å²) in [5.74, 6) is -1.84. The molecule has 3 N–H and O–H groups in total. The lowest BCUT2D eigenvalue weighted by Crippen LogP contribution is -2.38. The number of carbonyl (C=O) groups is 3. The van der Waals surface area contributed by atoms with Crippen LogP contribution in [-0.4, -0.2) is 57.4 Å². The van der Waals surface area contributed by atoms with Gasteiger partial charge in [-0.2, -0.15) is 5.10 Å². The number of halogens is 1. The first-order valence-electron chi connectivity index (χ1n) is 10.5. The third kappa shape index (κ3) is 9.25. The second-order valence-electron chi connectivity index (χ2n) is 6.78. The summed E-state index contributed by atoms with van der Waals surface area (Å²) in [4.78, 5) is 35.5. The molecule has 0 aliphatic heterocycles. The number of hydrogen-bond donors (Lipinski definition) is 3. The van der Waals surface area contributed by atoms with Crippen LogP contribution < -0.4 is 25.5 Å². The number of hydrogen-bond acceptors (Lipinski definition) is 7. The summed E-state index contributed by atoms with van der Waals surface area (Å²) < 4.78 is 28.9. The Morgan fingerprint density at radius 1 is 1.03 bits per heavy atom. The number of benzene rings is 2. The smallest absolute Gasteiger partial charge is 0.329 e. The third-order valence-corrected chi connectivity index (χ3v) is 4.15. The van der Waals surface area contributed by atoms with Gasteiger partial charge in [-0.25, -0.2) is 9.82 Å². The number of anilines is 1. The zero-order valence-electron chi connectivity index (χ0n) is 18.9. The van der Waals surface area contributed by atoms with Crippen LogP contribution in [-0.2, 0) is 19.1 Å². The van der Waals surface area contributed by atoms with Gasteiger partial charge in [-0.15, -0.1) is 0 Å². The van der Waals surface area contributed by atoms with Gasteiger partial charge in [0.15, 0.2) is 18.1 Å². The van der Waals surface area contributed by atoms with Gasteiger partial charge in [-0.3, -0.25) is 14.4 Å². The number of hydrazone groups is 1. The lowest BCUT2D eigenvalue weighted by Gasteiger charge is -2.12. The first-order chi connectivity index (χ1) is 16.4. The molecular formula is C23H27FN4O6. The Morgan fingerprint density at radius 2 is 1.79 bits per heavy atom. The van der Waals surface area contributed by atoms with E-state index in [9.17, 15) is 18.8 Å². The minimum atomic E-state index is -0.897. The zero-order chi connectivity index (χ0) is 24.8. The van der Waals surface area contributed by atoms with Crippen LogP contribution in [0.4, 0.5) is 10.1 Å². The van der Waals surface area contributed by atoms with Crippen LogP contribution in [0.5, 0.6) is 11.5 Å². The Bertz CT molecular complexity index is 997. The molecule has 0 spiro atoms. The van der Waals surface area contributed by atoms with E-state index < -0.39 is 23.5 Å². The Morgan fingerprint density at radius 3 is 2.50 bits per heavy atom. The van der Waals surface area contributed by atoms with Gasteiger partial charge in [-0.1, -0.05) is 0 Å². The molecule has 0 heterocycles. The molecule has 0 aliphatic rings. The molecule has 0 aromatic heterocycles. The molecule has 11 heteroatoms. The number of amides is 3. The fourth-order valence-corrected chi connectivity index (χ4v) is 2.58. The van der Waals surface area contributed by atoms with E-state index in [-0.39, 0.29) is 6.61 Å². The van der Waals surface area contributed by atoms with Gasteiger partial charge in [0.05, 0.1) is 12.8 Å². The second-order valence-corrected chi connectivity index (χ2v) is 6.78. The van der Waals surface area contributed by atoms with Crippen LogP contribution in [0, 0.1) is 5.82 Å². The van der Waals surface area contributed by atoms with E-state index in [0.29, 0.717) is 48.9 Å². The second kappa shape index (κ2) is 14.2. The molecule has 0 radical (unpaired) electrons.